The van der Waals surface area contributed by atoms with Crippen LogP contribution in [0, 0.1) is 0 Å². The van der Waals surface area contributed by atoms with Gasteiger partial charge in [0.25, 0.3) is 0 Å². The van der Waals surface area contributed by atoms with Gasteiger partial charge in [0.15, 0.2) is 0 Å². The van der Waals surface area contributed by atoms with Crippen LogP contribution in [0.3, 0.4) is 0 Å². The highest BCUT2D eigenvalue weighted by Crippen LogP contribution is 2.16. The predicted molar refractivity (Wildman–Crippen MR) is 66.7 cm³/mol. The molecule has 0 saturated carbocycles. The molecule has 0 fully saturated rings. The maximum atomic E-state index is 11.7. The Morgan fingerprint density at radius 3 is 2.59 bits per heavy atom. The molecule has 0 atom stereocenters. The molecule has 3 nitrogen and oxygen atoms in total. The lowest BCUT2D eigenvalue weighted by molar-refractivity contribution is -0.858. The van der Waals surface area contributed by atoms with Crippen LogP contribution in [0.4, 0.5) is 0 Å². The van der Waals surface area contributed by atoms with E-state index in [0.29, 0.717) is 12.2 Å². The molecule has 0 aromatic heterocycles. The van der Waals surface area contributed by atoms with Gasteiger partial charge in [-0.1, -0.05) is 12.1 Å². The van der Waals surface area contributed by atoms with Gasteiger partial charge in [-0.05, 0) is 28.1 Å². The molecule has 1 rings (SSSR count). The molecule has 0 spiro atoms. The van der Waals surface area contributed by atoms with E-state index in [4.69, 9.17) is 4.74 Å². The van der Waals surface area contributed by atoms with Gasteiger partial charge in [-0.2, -0.15) is 0 Å². The number of esters is 1. The van der Waals surface area contributed by atoms with E-state index in [1.165, 1.54) is 4.90 Å². The molecule has 0 amide bonds. The van der Waals surface area contributed by atoms with Crippen molar-refractivity contribution in [3.63, 3.8) is 0 Å². The van der Waals surface area contributed by atoms with Crippen LogP contribution in [-0.4, -0.2) is 33.2 Å². The normalized spacial score (nSPS) is 9.88. The van der Waals surface area contributed by atoms with E-state index < -0.39 is 0 Å². The number of carbonyl (C=O) groups is 1. The van der Waals surface area contributed by atoms with Gasteiger partial charge in [-0.25, -0.2) is 4.79 Å². The molecule has 0 radical (unpaired) electrons. The molecular weight excluding hydrogens is 305 g/mol. The van der Waals surface area contributed by atoms with Crippen LogP contribution < -0.4 is 17.3 Å². The van der Waals surface area contributed by atoms with Gasteiger partial charge in [0.2, 0.25) is 0 Å². The maximum Gasteiger partial charge on any atom is 0.339 e. The topological polar surface area (TPSA) is 30.7 Å². The van der Waals surface area contributed by atoms with E-state index >= 15 is 0 Å². The van der Waals surface area contributed by atoms with Gasteiger partial charge in [0.1, 0.15) is 0 Å². The lowest BCUT2D eigenvalue weighted by atomic mass is 10.2. The second kappa shape index (κ2) is 8.50. The Morgan fingerprint density at radius 1 is 1.35 bits per heavy atom. The van der Waals surface area contributed by atoms with Gasteiger partial charge in [0.05, 0.1) is 32.8 Å². The van der Waals surface area contributed by atoms with Gasteiger partial charge in [0, 0.05) is 10.9 Å². The van der Waals surface area contributed by atoms with Crippen molar-refractivity contribution in [3.05, 3.63) is 34.3 Å². The summed E-state index contributed by atoms with van der Waals surface area (Å²) in [6.07, 6.45) is 0.887. The monoisotopic (exact) mass is 321 g/mol. The third-order valence-corrected chi connectivity index (χ3v) is 2.84. The van der Waals surface area contributed by atoms with Crippen molar-refractivity contribution in [3.8, 4) is 0 Å². The van der Waals surface area contributed by atoms with E-state index in [9.17, 15) is 4.79 Å². The summed E-state index contributed by atoms with van der Waals surface area (Å²) >= 11 is 3.32. The summed E-state index contributed by atoms with van der Waals surface area (Å²) in [5.74, 6) is -0.263. The Hall–Kier alpha value is -0.580. The molecule has 5 heteroatoms. The lowest BCUT2D eigenvalue weighted by Crippen LogP contribution is -3.05. The zero-order chi connectivity index (χ0) is 12.0. The second-order valence-electron chi connectivity index (χ2n) is 3.93. The first-order valence-electron chi connectivity index (χ1n) is 5.32. The van der Waals surface area contributed by atoms with Gasteiger partial charge in [-0.15, -0.1) is 0 Å². The number of hydrogen-bond donors (Lipinski definition) is 1. The minimum atomic E-state index is -0.263. The third kappa shape index (κ3) is 6.05. The molecule has 1 aromatic carbocycles. The number of benzene rings is 1. The first-order valence-corrected chi connectivity index (χ1v) is 6.11. The van der Waals surface area contributed by atoms with Crippen LogP contribution in [-0.2, 0) is 4.74 Å². The zero-order valence-corrected chi connectivity index (χ0v) is 12.3. The summed E-state index contributed by atoms with van der Waals surface area (Å²) in [7, 11) is 4.16. The van der Waals surface area contributed by atoms with Crippen LogP contribution in [0.25, 0.3) is 0 Å². The Morgan fingerprint density at radius 2 is 2.00 bits per heavy atom. The molecule has 96 valence electrons. The van der Waals surface area contributed by atoms with Crippen LogP contribution >= 0.6 is 15.9 Å². The average Bonchev–Trinajstić information content (AvgIpc) is 2.24. The van der Waals surface area contributed by atoms with Crippen molar-refractivity contribution in [2.75, 3.05) is 27.2 Å². The maximum absolute atomic E-state index is 11.7. The molecule has 0 saturated heterocycles. The van der Waals surface area contributed by atoms with Crippen molar-refractivity contribution in [1.29, 1.82) is 0 Å². The molecule has 0 bridgehead atoms. The number of nitrogens with one attached hydrogen (secondary N) is 1. The van der Waals surface area contributed by atoms with Gasteiger partial charge >= 0.3 is 5.97 Å². The highest BCUT2D eigenvalue weighted by Gasteiger charge is 2.10. The van der Waals surface area contributed by atoms with E-state index in [2.05, 4.69) is 30.0 Å². The number of carbonyl (C=O) groups excluding carboxylic acids is 1. The van der Waals surface area contributed by atoms with Crippen molar-refractivity contribution < 1.29 is 26.8 Å². The molecule has 0 unspecified atom stereocenters. The lowest BCUT2D eigenvalue weighted by Gasteiger charge is -2.08. The first kappa shape index (κ1) is 16.4. The Bertz CT molecular complexity index is 358. The number of halogens is 2. The van der Waals surface area contributed by atoms with Gasteiger partial charge in [-0.3, -0.25) is 0 Å². The molecule has 0 heterocycles. The largest absolute Gasteiger partial charge is 1.00 e. The SMILES string of the molecule is C[NH+](C)CCCOC(=O)c1ccccc1Br.[Cl-]. The van der Waals surface area contributed by atoms with Crippen molar-refractivity contribution in [1.82, 2.24) is 0 Å². The van der Waals surface area contributed by atoms with Crippen LogP contribution in [0.5, 0.6) is 0 Å². The fourth-order valence-corrected chi connectivity index (χ4v) is 1.74. The first-order chi connectivity index (χ1) is 7.61. The molecule has 0 aliphatic rings. The quantitative estimate of drug-likeness (QED) is 0.509. The summed E-state index contributed by atoms with van der Waals surface area (Å²) in [4.78, 5) is 13.0. The fourth-order valence-electron chi connectivity index (χ4n) is 1.30. The standard InChI is InChI=1S/C12H16BrNO2.ClH/c1-14(2)8-5-9-16-12(15)10-6-3-4-7-11(10)13;/h3-4,6-7H,5,8-9H2,1-2H3;1H. The molecule has 1 aromatic rings. The molecular formula is C12H17BrClNO2. The molecule has 0 aliphatic heterocycles. The summed E-state index contributed by atoms with van der Waals surface area (Å²) < 4.78 is 5.95. The summed E-state index contributed by atoms with van der Waals surface area (Å²) in [5.41, 5.74) is 0.583. The van der Waals surface area contributed by atoms with E-state index in [0.717, 1.165) is 17.4 Å². The summed E-state index contributed by atoms with van der Waals surface area (Å²) in [6, 6.07) is 7.28. The summed E-state index contributed by atoms with van der Waals surface area (Å²) in [5, 5.41) is 0. The molecule has 0 aliphatic carbocycles. The number of rotatable bonds is 5. The Kier molecular flexibility index (Phi) is 8.21. The Balaban J connectivity index is 0.00000256. The summed E-state index contributed by atoms with van der Waals surface area (Å²) in [6.45, 7) is 1.48. The van der Waals surface area contributed by atoms with Crippen LogP contribution in [0.2, 0.25) is 0 Å². The highest BCUT2D eigenvalue weighted by molar-refractivity contribution is 9.10. The van der Waals surface area contributed by atoms with Crippen molar-refractivity contribution >= 4 is 21.9 Å². The van der Waals surface area contributed by atoms with Crippen LogP contribution in [0.1, 0.15) is 16.8 Å². The van der Waals surface area contributed by atoms with Crippen molar-refractivity contribution in [2.45, 2.75) is 6.42 Å². The number of quaternary nitrogens is 1. The number of hydrogen-bond acceptors (Lipinski definition) is 2. The van der Waals surface area contributed by atoms with E-state index in [1.54, 1.807) is 6.07 Å². The zero-order valence-electron chi connectivity index (χ0n) is 10.0. The smallest absolute Gasteiger partial charge is 0.339 e. The van der Waals surface area contributed by atoms with E-state index in [1.807, 2.05) is 18.2 Å². The molecule has 1 N–H and O–H groups in total. The van der Waals surface area contributed by atoms with Crippen LogP contribution in [0.15, 0.2) is 28.7 Å². The van der Waals surface area contributed by atoms with E-state index in [-0.39, 0.29) is 18.4 Å². The average molecular weight is 323 g/mol. The fraction of sp³-hybridized carbons (Fsp3) is 0.417. The van der Waals surface area contributed by atoms with Crippen molar-refractivity contribution in [2.24, 2.45) is 0 Å². The highest BCUT2D eigenvalue weighted by atomic mass is 79.9. The minimum absolute atomic E-state index is 0. The number of ether oxygens (including phenoxy) is 1. The predicted octanol–water partition coefficient (Wildman–Crippen LogP) is -1.86. The Labute approximate surface area is 117 Å². The third-order valence-electron chi connectivity index (χ3n) is 2.15. The van der Waals surface area contributed by atoms with Gasteiger partial charge < -0.3 is 22.0 Å². The minimum Gasteiger partial charge on any atom is -1.00 e. The molecule has 17 heavy (non-hydrogen) atoms. The second-order valence-corrected chi connectivity index (χ2v) is 4.78.